The largest absolute Gasteiger partial charge is 0.313 e. The second kappa shape index (κ2) is 7.24. The van der Waals surface area contributed by atoms with Crippen LogP contribution in [0.5, 0.6) is 0 Å². The molecule has 0 saturated carbocycles. The first kappa shape index (κ1) is 13.0. The molecule has 1 aliphatic heterocycles. The molecule has 0 aromatic carbocycles. The fraction of sp³-hybridized carbons (Fsp3) is 1.00. The van der Waals surface area contributed by atoms with Crippen molar-refractivity contribution in [1.29, 1.82) is 0 Å². The molecule has 1 saturated heterocycles. The van der Waals surface area contributed by atoms with E-state index in [2.05, 4.69) is 31.1 Å². The lowest BCUT2D eigenvalue weighted by atomic mass is 9.94. The minimum atomic E-state index is 0.736. The van der Waals surface area contributed by atoms with Gasteiger partial charge in [-0.15, -0.1) is 0 Å². The fourth-order valence-electron chi connectivity index (χ4n) is 2.46. The third-order valence-electron chi connectivity index (χ3n) is 3.43. The molecule has 2 atom stereocenters. The molecular weight excluding hydrogens is 184 g/mol. The summed E-state index contributed by atoms with van der Waals surface area (Å²) in [4.78, 5) is 2.49. The van der Waals surface area contributed by atoms with Gasteiger partial charge in [-0.1, -0.05) is 26.7 Å². The molecule has 0 aromatic rings. The van der Waals surface area contributed by atoms with Crippen molar-refractivity contribution in [1.82, 2.24) is 10.2 Å². The number of nitrogens with one attached hydrogen (secondary N) is 1. The predicted molar refractivity (Wildman–Crippen MR) is 67.2 cm³/mol. The van der Waals surface area contributed by atoms with Gasteiger partial charge in [0.1, 0.15) is 0 Å². The van der Waals surface area contributed by atoms with Gasteiger partial charge in [0.25, 0.3) is 0 Å². The maximum atomic E-state index is 3.63. The number of rotatable bonds is 6. The Hall–Kier alpha value is -0.0800. The van der Waals surface area contributed by atoms with Gasteiger partial charge in [-0.05, 0) is 45.3 Å². The summed E-state index contributed by atoms with van der Waals surface area (Å²) in [7, 11) is 2.26. The highest BCUT2D eigenvalue weighted by atomic mass is 15.1. The van der Waals surface area contributed by atoms with Gasteiger partial charge in [0.2, 0.25) is 0 Å². The van der Waals surface area contributed by atoms with Crippen LogP contribution >= 0.6 is 0 Å². The average molecular weight is 212 g/mol. The van der Waals surface area contributed by atoms with Crippen LogP contribution in [0.25, 0.3) is 0 Å². The van der Waals surface area contributed by atoms with Gasteiger partial charge in [-0.25, -0.2) is 0 Å². The van der Waals surface area contributed by atoms with E-state index >= 15 is 0 Å². The fourth-order valence-corrected chi connectivity index (χ4v) is 2.46. The van der Waals surface area contributed by atoms with Crippen molar-refractivity contribution in [2.45, 2.75) is 52.0 Å². The first-order valence-corrected chi connectivity index (χ1v) is 6.64. The Bertz CT molecular complexity index is 159. The van der Waals surface area contributed by atoms with Crippen molar-refractivity contribution in [3.63, 3.8) is 0 Å². The average Bonchev–Trinajstić information content (AvgIpc) is 2.18. The normalized spacial score (nSPS) is 27.2. The van der Waals surface area contributed by atoms with E-state index in [1.807, 2.05) is 0 Å². The van der Waals surface area contributed by atoms with Crippen LogP contribution in [0.4, 0.5) is 0 Å². The summed E-state index contributed by atoms with van der Waals surface area (Å²) in [5, 5.41) is 3.63. The van der Waals surface area contributed by atoms with E-state index in [1.54, 1.807) is 0 Å². The second-order valence-electron chi connectivity index (χ2n) is 5.25. The standard InChI is InChI=1S/C13H28N2/c1-4-5-6-9-15(3)11-13-10-12(2)7-8-14-13/h12-14H,4-11H2,1-3H3. The van der Waals surface area contributed by atoms with Crippen LogP contribution in [0.2, 0.25) is 0 Å². The van der Waals surface area contributed by atoms with Gasteiger partial charge in [-0.3, -0.25) is 0 Å². The number of nitrogens with zero attached hydrogens (tertiary/aromatic N) is 1. The first-order valence-electron chi connectivity index (χ1n) is 6.64. The summed E-state index contributed by atoms with van der Waals surface area (Å²) >= 11 is 0. The SMILES string of the molecule is CCCCCN(C)CC1CC(C)CCN1. The lowest BCUT2D eigenvalue weighted by molar-refractivity contribution is 0.232. The van der Waals surface area contributed by atoms with Crippen LogP contribution in [0.3, 0.4) is 0 Å². The maximum absolute atomic E-state index is 3.63. The van der Waals surface area contributed by atoms with Crippen molar-refractivity contribution in [2.24, 2.45) is 5.92 Å². The Morgan fingerprint density at radius 1 is 1.33 bits per heavy atom. The van der Waals surface area contributed by atoms with Crippen LogP contribution in [-0.4, -0.2) is 37.6 Å². The Morgan fingerprint density at radius 2 is 2.13 bits per heavy atom. The van der Waals surface area contributed by atoms with Crippen molar-refractivity contribution in [3.8, 4) is 0 Å². The molecular formula is C13H28N2. The zero-order valence-electron chi connectivity index (χ0n) is 10.8. The van der Waals surface area contributed by atoms with Crippen LogP contribution in [0, 0.1) is 5.92 Å². The molecule has 1 heterocycles. The molecule has 1 N–H and O–H groups in total. The van der Waals surface area contributed by atoms with Crippen molar-refractivity contribution in [3.05, 3.63) is 0 Å². The number of hydrogen-bond acceptors (Lipinski definition) is 2. The predicted octanol–water partition coefficient (Wildman–Crippen LogP) is 2.50. The van der Waals surface area contributed by atoms with Crippen molar-refractivity contribution < 1.29 is 0 Å². The Morgan fingerprint density at radius 3 is 2.80 bits per heavy atom. The molecule has 0 spiro atoms. The van der Waals surface area contributed by atoms with E-state index in [0.717, 1.165) is 12.0 Å². The molecule has 0 aromatic heterocycles. The molecule has 1 aliphatic rings. The molecule has 1 fully saturated rings. The van der Waals surface area contributed by atoms with Gasteiger partial charge < -0.3 is 10.2 Å². The van der Waals surface area contributed by atoms with E-state index in [-0.39, 0.29) is 0 Å². The minimum absolute atomic E-state index is 0.736. The topological polar surface area (TPSA) is 15.3 Å². The Labute approximate surface area is 95.4 Å². The third-order valence-corrected chi connectivity index (χ3v) is 3.43. The van der Waals surface area contributed by atoms with Crippen LogP contribution in [0.1, 0.15) is 46.0 Å². The molecule has 2 heteroatoms. The third kappa shape index (κ3) is 5.53. The summed E-state index contributed by atoms with van der Waals surface area (Å²) in [5.74, 6) is 0.917. The molecule has 2 nitrogen and oxygen atoms in total. The van der Waals surface area contributed by atoms with E-state index in [0.29, 0.717) is 0 Å². The number of unbranched alkanes of at least 4 members (excludes halogenated alkanes) is 2. The smallest absolute Gasteiger partial charge is 0.0197 e. The molecule has 0 radical (unpaired) electrons. The van der Waals surface area contributed by atoms with E-state index in [1.165, 1.54) is 51.7 Å². The molecule has 0 aliphatic carbocycles. The molecule has 15 heavy (non-hydrogen) atoms. The Kier molecular flexibility index (Phi) is 6.26. The molecule has 2 unspecified atom stereocenters. The minimum Gasteiger partial charge on any atom is -0.313 e. The monoisotopic (exact) mass is 212 g/mol. The molecule has 0 bridgehead atoms. The van der Waals surface area contributed by atoms with Crippen molar-refractivity contribution >= 4 is 0 Å². The second-order valence-corrected chi connectivity index (χ2v) is 5.25. The summed E-state index contributed by atoms with van der Waals surface area (Å²) in [6.07, 6.45) is 6.77. The molecule has 1 rings (SSSR count). The summed E-state index contributed by atoms with van der Waals surface area (Å²) in [6.45, 7) is 8.36. The summed E-state index contributed by atoms with van der Waals surface area (Å²) < 4.78 is 0. The van der Waals surface area contributed by atoms with E-state index in [4.69, 9.17) is 0 Å². The van der Waals surface area contributed by atoms with Gasteiger partial charge in [0.15, 0.2) is 0 Å². The Balaban J connectivity index is 2.10. The highest BCUT2D eigenvalue weighted by Crippen LogP contribution is 2.15. The van der Waals surface area contributed by atoms with Gasteiger partial charge in [0, 0.05) is 12.6 Å². The molecule has 0 amide bonds. The highest BCUT2D eigenvalue weighted by Gasteiger charge is 2.18. The first-order chi connectivity index (χ1) is 7.22. The van der Waals surface area contributed by atoms with Gasteiger partial charge in [-0.2, -0.15) is 0 Å². The zero-order chi connectivity index (χ0) is 11.1. The van der Waals surface area contributed by atoms with Gasteiger partial charge in [0.05, 0.1) is 0 Å². The van der Waals surface area contributed by atoms with E-state index < -0.39 is 0 Å². The number of piperidine rings is 1. The lowest BCUT2D eigenvalue weighted by Crippen LogP contribution is -2.44. The molecule has 90 valence electrons. The number of hydrogen-bond donors (Lipinski definition) is 1. The van der Waals surface area contributed by atoms with Gasteiger partial charge >= 0.3 is 0 Å². The quantitative estimate of drug-likeness (QED) is 0.681. The summed E-state index contributed by atoms with van der Waals surface area (Å²) in [5.41, 5.74) is 0. The number of likely N-dealkylation sites (N-methyl/N-ethyl adjacent to an activating group) is 1. The maximum Gasteiger partial charge on any atom is 0.0197 e. The highest BCUT2D eigenvalue weighted by molar-refractivity contribution is 4.78. The van der Waals surface area contributed by atoms with Crippen LogP contribution in [0.15, 0.2) is 0 Å². The van der Waals surface area contributed by atoms with Crippen molar-refractivity contribution in [2.75, 3.05) is 26.7 Å². The zero-order valence-corrected chi connectivity index (χ0v) is 10.8. The van der Waals surface area contributed by atoms with Crippen LogP contribution < -0.4 is 5.32 Å². The van der Waals surface area contributed by atoms with Crippen LogP contribution in [-0.2, 0) is 0 Å². The summed E-state index contributed by atoms with van der Waals surface area (Å²) in [6, 6.07) is 0.736. The van der Waals surface area contributed by atoms with E-state index in [9.17, 15) is 0 Å². The lowest BCUT2D eigenvalue weighted by Gasteiger charge is -2.31.